The van der Waals surface area contributed by atoms with Gasteiger partial charge in [-0.1, -0.05) is 6.07 Å². The van der Waals surface area contributed by atoms with Gasteiger partial charge in [-0.05, 0) is 61.7 Å². The fourth-order valence-electron chi connectivity index (χ4n) is 3.88. The quantitative estimate of drug-likeness (QED) is 0.659. The summed E-state index contributed by atoms with van der Waals surface area (Å²) >= 11 is 0. The second kappa shape index (κ2) is 9.51. The summed E-state index contributed by atoms with van der Waals surface area (Å²) in [5.41, 5.74) is 1.36. The molecule has 2 aromatic carbocycles. The highest BCUT2D eigenvalue weighted by molar-refractivity contribution is 7.89. The number of hydrogen-bond donors (Lipinski definition) is 1. The molecule has 2 saturated heterocycles. The number of aryl methyl sites for hydroxylation is 1. The van der Waals surface area contributed by atoms with Crippen molar-refractivity contribution in [2.24, 2.45) is 0 Å². The van der Waals surface area contributed by atoms with Crippen LogP contribution in [0.5, 0.6) is 0 Å². The van der Waals surface area contributed by atoms with Gasteiger partial charge in [0.05, 0.1) is 23.0 Å². The number of ether oxygens (including phenoxy) is 1. The molecule has 0 unspecified atom stereocenters. The van der Waals surface area contributed by atoms with Gasteiger partial charge in [0.25, 0.3) is 5.91 Å². The lowest BCUT2D eigenvalue weighted by Crippen LogP contribution is -2.40. The third kappa shape index (κ3) is 4.97. The zero-order valence-corrected chi connectivity index (χ0v) is 20.0. The third-order valence-corrected chi connectivity index (χ3v) is 9.69. The molecule has 2 fully saturated rings. The largest absolute Gasteiger partial charge is 0.379 e. The van der Waals surface area contributed by atoms with E-state index in [9.17, 15) is 21.6 Å². The number of hydrogen-bond acceptors (Lipinski definition) is 6. The summed E-state index contributed by atoms with van der Waals surface area (Å²) in [5.74, 6) is -0.454. The maximum Gasteiger partial charge on any atom is 0.255 e. The first-order valence-electron chi connectivity index (χ1n) is 10.8. The molecule has 4 rings (SSSR count). The summed E-state index contributed by atoms with van der Waals surface area (Å²) in [6.45, 7) is 4.04. The van der Waals surface area contributed by atoms with E-state index in [4.69, 9.17) is 4.74 Å². The number of anilines is 1. The molecule has 0 saturated carbocycles. The summed E-state index contributed by atoms with van der Waals surface area (Å²) in [6, 6.07) is 10.4. The SMILES string of the molecule is Cc1ccc(S(=O)(=O)N2CCOCC2)cc1NC(=O)c1ccc(S(=O)(=O)N2CCCC2)cc1. The van der Waals surface area contributed by atoms with E-state index >= 15 is 0 Å². The predicted molar refractivity (Wildman–Crippen MR) is 123 cm³/mol. The molecule has 11 heteroatoms. The number of amides is 1. The summed E-state index contributed by atoms with van der Waals surface area (Å²) < 4.78 is 59.3. The van der Waals surface area contributed by atoms with Gasteiger partial charge < -0.3 is 10.1 Å². The fourth-order valence-corrected chi connectivity index (χ4v) is 6.83. The second-order valence-corrected chi connectivity index (χ2v) is 12.0. The van der Waals surface area contributed by atoms with Crippen LogP contribution < -0.4 is 5.32 Å². The number of benzene rings is 2. The van der Waals surface area contributed by atoms with Crippen LogP contribution in [0.1, 0.15) is 28.8 Å². The van der Waals surface area contributed by atoms with E-state index in [-0.39, 0.29) is 28.4 Å². The molecule has 2 aromatic rings. The van der Waals surface area contributed by atoms with Crippen LogP contribution in [0.4, 0.5) is 5.69 Å². The lowest BCUT2D eigenvalue weighted by molar-refractivity contribution is 0.0730. The van der Waals surface area contributed by atoms with Gasteiger partial charge >= 0.3 is 0 Å². The molecule has 2 aliphatic heterocycles. The molecule has 0 radical (unpaired) electrons. The Morgan fingerprint density at radius 2 is 1.36 bits per heavy atom. The van der Waals surface area contributed by atoms with E-state index in [0.717, 1.165) is 12.8 Å². The highest BCUT2D eigenvalue weighted by atomic mass is 32.2. The monoisotopic (exact) mass is 493 g/mol. The van der Waals surface area contributed by atoms with E-state index in [2.05, 4.69) is 5.32 Å². The van der Waals surface area contributed by atoms with Gasteiger partial charge in [0.1, 0.15) is 0 Å². The summed E-state index contributed by atoms with van der Waals surface area (Å²) in [5, 5.41) is 2.75. The zero-order chi connectivity index (χ0) is 23.6. The van der Waals surface area contributed by atoms with Crippen molar-refractivity contribution in [3.05, 3.63) is 53.6 Å². The third-order valence-electron chi connectivity index (χ3n) is 5.88. The van der Waals surface area contributed by atoms with E-state index in [1.165, 1.54) is 45.0 Å². The fraction of sp³-hybridized carbons (Fsp3) is 0.409. The van der Waals surface area contributed by atoms with E-state index < -0.39 is 26.0 Å². The summed E-state index contributed by atoms with van der Waals surface area (Å²) in [7, 11) is -7.26. The van der Waals surface area contributed by atoms with Gasteiger partial charge in [0, 0.05) is 37.4 Å². The number of carbonyl (C=O) groups is 1. The molecule has 2 aliphatic rings. The van der Waals surface area contributed by atoms with Crippen LogP contribution in [0.3, 0.4) is 0 Å². The molecular weight excluding hydrogens is 466 g/mol. The number of nitrogens with zero attached hydrogens (tertiary/aromatic N) is 2. The molecule has 0 aliphatic carbocycles. The molecule has 178 valence electrons. The first-order valence-corrected chi connectivity index (χ1v) is 13.7. The number of sulfonamides is 2. The minimum atomic E-state index is -3.70. The Balaban J connectivity index is 1.52. The molecular formula is C22H27N3O6S2. The summed E-state index contributed by atoms with van der Waals surface area (Å²) in [4.78, 5) is 13.0. The molecule has 0 aromatic heterocycles. The Morgan fingerprint density at radius 3 is 2.00 bits per heavy atom. The highest BCUT2D eigenvalue weighted by Gasteiger charge is 2.28. The Labute approximate surface area is 194 Å². The first-order chi connectivity index (χ1) is 15.7. The smallest absolute Gasteiger partial charge is 0.255 e. The van der Waals surface area contributed by atoms with Crippen LogP contribution in [-0.2, 0) is 24.8 Å². The highest BCUT2D eigenvalue weighted by Crippen LogP contribution is 2.25. The van der Waals surface area contributed by atoms with Crippen LogP contribution in [0.2, 0.25) is 0 Å². The molecule has 2 heterocycles. The van der Waals surface area contributed by atoms with Crippen molar-refractivity contribution in [3.8, 4) is 0 Å². The standard InChI is InChI=1S/C22H27N3O6S2/c1-17-4-7-20(33(29,30)25-12-14-31-15-13-25)16-21(17)23-22(26)18-5-8-19(9-6-18)32(27,28)24-10-2-3-11-24/h4-9,16H,2-3,10-15H2,1H3,(H,23,26). The van der Waals surface area contributed by atoms with Crippen molar-refractivity contribution < 1.29 is 26.4 Å². The van der Waals surface area contributed by atoms with Gasteiger partial charge in [0.2, 0.25) is 20.0 Å². The minimum Gasteiger partial charge on any atom is -0.379 e. The van der Waals surface area contributed by atoms with Gasteiger partial charge in [-0.25, -0.2) is 16.8 Å². The Morgan fingerprint density at radius 1 is 0.818 bits per heavy atom. The second-order valence-electron chi connectivity index (χ2n) is 8.08. The topological polar surface area (TPSA) is 113 Å². The number of rotatable bonds is 6. The molecule has 0 atom stereocenters. The van der Waals surface area contributed by atoms with Crippen molar-refractivity contribution in [2.45, 2.75) is 29.6 Å². The summed E-state index contributed by atoms with van der Waals surface area (Å²) in [6.07, 6.45) is 1.69. The first kappa shape index (κ1) is 23.8. The molecule has 0 bridgehead atoms. The maximum atomic E-state index is 12.9. The van der Waals surface area contributed by atoms with Crippen LogP contribution in [0.25, 0.3) is 0 Å². The Kier molecular flexibility index (Phi) is 6.87. The van der Waals surface area contributed by atoms with Crippen LogP contribution in [0, 0.1) is 6.92 Å². The predicted octanol–water partition coefficient (Wildman–Crippen LogP) is 2.05. The van der Waals surface area contributed by atoms with Crippen molar-refractivity contribution in [3.63, 3.8) is 0 Å². The van der Waals surface area contributed by atoms with Crippen LogP contribution in [0.15, 0.2) is 52.3 Å². The average molecular weight is 494 g/mol. The zero-order valence-electron chi connectivity index (χ0n) is 18.4. The minimum absolute atomic E-state index is 0.0948. The number of nitrogens with one attached hydrogen (secondary N) is 1. The van der Waals surface area contributed by atoms with Gasteiger partial charge in [-0.3, -0.25) is 4.79 Å². The van der Waals surface area contributed by atoms with Crippen molar-refractivity contribution in [1.82, 2.24) is 8.61 Å². The van der Waals surface area contributed by atoms with E-state index in [1.54, 1.807) is 13.0 Å². The van der Waals surface area contributed by atoms with E-state index in [0.29, 0.717) is 37.6 Å². The van der Waals surface area contributed by atoms with Gasteiger partial charge in [-0.15, -0.1) is 0 Å². The Hall–Kier alpha value is -2.31. The van der Waals surface area contributed by atoms with Crippen molar-refractivity contribution >= 4 is 31.6 Å². The lowest BCUT2D eigenvalue weighted by atomic mass is 10.1. The van der Waals surface area contributed by atoms with Crippen molar-refractivity contribution in [2.75, 3.05) is 44.7 Å². The number of carbonyl (C=O) groups excluding carboxylic acids is 1. The molecule has 33 heavy (non-hydrogen) atoms. The molecule has 0 spiro atoms. The molecule has 9 nitrogen and oxygen atoms in total. The number of morpholine rings is 1. The van der Waals surface area contributed by atoms with E-state index in [1.807, 2.05) is 0 Å². The Bertz CT molecular complexity index is 1230. The van der Waals surface area contributed by atoms with Crippen LogP contribution >= 0.6 is 0 Å². The average Bonchev–Trinajstić information content (AvgIpc) is 3.37. The van der Waals surface area contributed by atoms with Crippen molar-refractivity contribution in [1.29, 1.82) is 0 Å². The molecule has 1 N–H and O–H groups in total. The van der Waals surface area contributed by atoms with Gasteiger partial charge in [-0.2, -0.15) is 8.61 Å². The van der Waals surface area contributed by atoms with Crippen LogP contribution in [-0.4, -0.2) is 70.7 Å². The maximum absolute atomic E-state index is 12.9. The normalized spacial score (nSPS) is 18.3. The lowest BCUT2D eigenvalue weighted by Gasteiger charge is -2.26. The molecule has 1 amide bonds. The van der Waals surface area contributed by atoms with Gasteiger partial charge in [0.15, 0.2) is 0 Å².